The van der Waals surface area contributed by atoms with Gasteiger partial charge in [-0.1, -0.05) is 12.1 Å². The van der Waals surface area contributed by atoms with E-state index in [2.05, 4.69) is 22.8 Å². The van der Waals surface area contributed by atoms with Crippen LogP contribution in [0.1, 0.15) is 6.92 Å². The Morgan fingerprint density at radius 2 is 2.00 bits per heavy atom. The summed E-state index contributed by atoms with van der Waals surface area (Å²) in [5.41, 5.74) is 8.04. The fourth-order valence-corrected chi connectivity index (χ4v) is 2.31. The third-order valence-corrected chi connectivity index (χ3v) is 3.45. The molecule has 0 unspecified atom stereocenters. The first-order valence-corrected chi connectivity index (χ1v) is 6.71. The first-order valence-electron chi connectivity index (χ1n) is 6.71. The summed E-state index contributed by atoms with van der Waals surface area (Å²) in [4.78, 5) is 4.79. The van der Waals surface area contributed by atoms with E-state index in [-0.39, 0.29) is 0 Å². The molecule has 100 valence electrons. The lowest BCUT2D eigenvalue weighted by atomic mass is 10.2. The number of nitrogens with two attached hydrogens (primary N) is 1. The van der Waals surface area contributed by atoms with E-state index < -0.39 is 0 Å². The van der Waals surface area contributed by atoms with Crippen molar-refractivity contribution in [1.29, 1.82) is 0 Å². The third-order valence-electron chi connectivity index (χ3n) is 3.45. The summed E-state index contributed by atoms with van der Waals surface area (Å²) in [6.45, 7) is 9.06. The first-order chi connectivity index (χ1) is 8.81. The van der Waals surface area contributed by atoms with Crippen LogP contribution in [0.25, 0.3) is 0 Å². The molecule has 1 fully saturated rings. The van der Waals surface area contributed by atoms with Crippen molar-refractivity contribution in [3.05, 3.63) is 24.3 Å². The molecule has 18 heavy (non-hydrogen) atoms. The average molecular weight is 249 g/mol. The van der Waals surface area contributed by atoms with Crippen LogP contribution in [0.15, 0.2) is 24.3 Å². The molecule has 1 aromatic carbocycles. The molecule has 0 saturated carbocycles. The standard InChI is InChI=1S/C14H23N3O/c1-2-17(14-6-4-3-5-13(14)15)8-7-16-9-11-18-12-10-16/h3-6H,2,7-12,15H2,1H3. The maximum absolute atomic E-state index is 6.03. The number of likely N-dealkylation sites (N-methyl/N-ethyl adjacent to an activating group) is 1. The molecule has 0 radical (unpaired) electrons. The summed E-state index contributed by atoms with van der Waals surface area (Å²) in [5, 5.41) is 0. The van der Waals surface area contributed by atoms with Crippen molar-refractivity contribution >= 4 is 11.4 Å². The Hall–Kier alpha value is -1.26. The largest absolute Gasteiger partial charge is 0.397 e. The number of benzene rings is 1. The quantitative estimate of drug-likeness (QED) is 0.802. The normalized spacial score (nSPS) is 16.7. The molecule has 4 heteroatoms. The molecule has 1 aliphatic rings. The maximum atomic E-state index is 6.03. The molecule has 0 amide bonds. The van der Waals surface area contributed by atoms with Crippen LogP contribution in [-0.4, -0.2) is 50.8 Å². The molecule has 0 aromatic heterocycles. The van der Waals surface area contributed by atoms with Gasteiger partial charge in [0.15, 0.2) is 0 Å². The molecule has 0 bridgehead atoms. The number of hydrogen-bond acceptors (Lipinski definition) is 4. The van der Waals surface area contributed by atoms with E-state index in [1.807, 2.05) is 18.2 Å². The van der Waals surface area contributed by atoms with E-state index in [1.165, 1.54) is 0 Å². The van der Waals surface area contributed by atoms with Gasteiger partial charge >= 0.3 is 0 Å². The minimum Gasteiger partial charge on any atom is -0.397 e. The van der Waals surface area contributed by atoms with Gasteiger partial charge in [0.25, 0.3) is 0 Å². The lowest BCUT2D eigenvalue weighted by molar-refractivity contribution is 0.0392. The van der Waals surface area contributed by atoms with E-state index >= 15 is 0 Å². The molecular formula is C14H23N3O. The van der Waals surface area contributed by atoms with Gasteiger partial charge in [0.1, 0.15) is 0 Å². The second kappa shape index (κ2) is 6.61. The molecular weight excluding hydrogens is 226 g/mol. The molecule has 1 aromatic rings. The van der Waals surface area contributed by atoms with Crippen molar-refractivity contribution in [2.75, 3.05) is 56.6 Å². The lowest BCUT2D eigenvalue weighted by Gasteiger charge is -2.31. The Morgan fingerprint density at radius 3 is 2.67 bits per heavy atom. The van der Waals surface area contributed by atoms with Gasteiger partial charge in [-0.3, -0.25) is 4.90 Å². The van der Waals surface area contributed by atoms with Gasteiger partial charge < -0.3 is 15.4 Å². The topological polar surface area (TPSA) is 41.7 Å². The van der Waals surface area contributed by atoms with Gasteiger partial charge in [0, 0.05) is 32.7 Å². The van der Waals surface area contributed by atoms with Crippen molar-refractivity contribution in [3.8, 4) is 0 Å². The predicted octanol–water partition coefficient (Wildman–Crippen LogP) is 1.43. The van der Waals surface area contributed by atoms with Gasteiger partial charge in [-0.2, -0.15) is 0 Å². The summed E-state index contributed by atoms with van der Waals surface area (Å²) in [5.74, 6) is 0. The minimum absolute atomic E-state index is 0.861. The van der Waals surface area contributed by atoms with E-state index in [0.29, 0.717) is 0 Å². The summed E-state index contributed by atoms with van der Waals surface area (Å²) in [6.07, 6.45) is 0. The number of nitrogens with zero attached hydrogens (tertiary/aromatic N) is 2. The van der Waals surface area contributed by atoms with Crippen LogP contribution < -0.4 is 10.6 Å². The van der Waals surface area contributed by atoms with E-state index in [1.54, 1.807) is 0 Å². The second-order valence-electron chi connectivity index (χ2n) is 4.59. The molecule has 2 N–H and O–H groups in total. The lowest BCUT2D eigenvalue weighted by Crippen LogP contribution is -2.41. The van der Waals surface area contributed by atoms with Crippen LogP contribution in [0.4, 0.5) is 11.4 Å². The summed E-state index contributed by atoms with van der Waals surface area (Å²) < 4.78 is 5.36. The molecule has 0 atom stereocenters. The Kier molecular flexibility index (Phi) is 4.84. The highest BCUT2D eigenvalue weighted by molar-refractivity contribution is 5.67. The summed E-state index contributed by atoms with van der Waals surface area (Å²) >= 11 is 0. The van der Waals surface area contributed by atoms with Crippen molar-refractivity contribution in [2.24, 2.45) is 0 Å². The zero-order chi connectivity index (χ0) is 12.8. The highest BCUT2D eigenvalue weighted by atomic mass is 16.5. The van der Waals surface area contributed by atoms with Crippen LogP contribution >= 0.6 is 0 Å². The highest BCUT2D eigenvalue weighted by Gasteiger charge is 2.13. The molecule has 0 aliphatic carbocycles. The zero-order valence-corrected chi connectivity index (χ0v) is 11.1. The number of ether oxygens (including phenoxy) is 1. The monoisotopic (exact) mass is 249 g/mol. The number of anilines is 2. The number of rotatable bonds is 5. The van der Waals surface area contributed by atoms with Gasteiger partial charge in [-0.25, -0.2) is 0 Å². The van der Waals surface area contributed by atoms with Crippen LogP contribution in [0.3, 0.4) is 0 Å². The molecule has 4 nitrogen and oxygen atoms in total. The SMILES string of the molecule is CCN(CCN1CCOCC1)c1ccccc1N. The van der Waals surface area contributed by atoms with Crippen molar-refractivity contribution in [3.63, 3.8) is 0 Å². The van der Waals surface area contributed by atoms with E-state index in [9.17, 15) is 0 Å². The summed E-state index contributed by atoms with van der Waals surface area (Å²) in [6, 6.07) is 8.09. The van der Waals surface area contributed by atoms with Crippen LogP contribution in [0, 0.1) is 0 Å². The minimum atomic E-state index is 0.861. The van der Waals surface area contributed by atoms with Gasteiger partial charge in [0.05, 0.1) is 24.6 Å². The smallest absolute Gasteiger partial charge is 0.0600 e. The Balaban J connectivity index is 1.91. The molecule has 1 saturated heterocycles. The second-order valence-corrected chi connectivity index (χ2v) is 4.59. The van der Waals surface area contributed by atoms with E-state index in [0.717, 1.165) is 57.3 Å². The van der Waals surface area contributed by atoms with Crippen LogP contribution in [0.5, 0.6) is 0 Å². The first kappa shape index (κ1) is 13.2. The Labute approximate surface area is 109 Å². The van der Waals surface area contributed by atoms with Gasteiger partial charge in [-0.05, 0) is 19.1 Å². The van der Waals surface area contributed by atoms with Crippen LogP contribution in [-0.2, 0) is 4.74 Å². The fraction of sp³-hybridized carbons (Fsp3) is 0.571. The molecule has 2 rings (SSSR count). The fourth-order valence-electron chi connectivity index (χ4n) is 2.31. The molecule has 0 spiro atoms. The van der Waals surface area contributed by atoms with Crippen LogP contribution in [0.2, 0.25) is 0 Å². The number of hydrogen-bond donors (Lipinski definition) is 1. The predicted molar refractivity (Wildman–Crippen MR) is 76.0 cm³/mol. The van der Waals surface area contributed by atoms with Crippen molar-refractivity contribution < 1.29 is 4.74 Å². The number of nitrogen functional groups attached to an aromatic ring is 1. The molecule has 1 aliphatic heterocycles. The van der Waals surface area contributed by atoms with E-state index in [4.69, 9.17) is 10.5 Å². The van der Waals surface area contributed by atoms with Crippen molar-refractivity contribution in [1.82, 2.24) is 4.90 Å². The summed E-state index contributed by atoms with van der Waals surface area (Å²) in [7, 11) is 0. The van der Waals surface area contributed by atoms with Crippen molar-refractivity contribution in [2.45, 2.75) is 6.92 Å². The zero-order valence-electron chi connectivity index (χ0n) is 11.1. The van der Waals surface area contributed by atoms with Gasteiger partial charge in [-0.15, -0.1) is 0 Å². The van der Waals surface area contributed by atoms with Gasteiger partial charge in [0.2, 0.25) is 0 Å². The number of para-hydroxylation sites is 2. The maximum Gasteiger partial charge on any atom is 0.0600 e. The number of morpholine rings is 1. The molecule has 1 heterocycles. The Morgan fingerprint density at radius 1 is 1.28 bits per heavy atom. The average Bonchev–Trinajstić information content (AvgIpc) is 2.42. The third kappa shape index (κ3) is 3.37. The highest BCUT2D eigenvalue weighted by Crippen LogP contribution is 2.21. The Bertz CT molecular complexity index is 364.